The average molecular weight is 470 g/mol. The molecule has 0 N–H and O–H groups in total. The van der Waals surface area contributed by atoms with Crippen molar-refractivity contribution in [1.82, 2.24) is 4.90 Å². The molecule has 0 radical (unpaired) electrons. The minimum atomic E-state index is -0.883. The second-order valence-electron chi connectivity index (χ2n) is 8.72. The molecule has 0 unspecified atom stereocenters. The maximum atomic E-state index is 14.0. The Morgan fingerprint density at radius 2 is 1.74 bits per heavy atom. The van der Waals surface area contributed by atoms with Crippen LogP contribution in [0.25, 0.3) is 6.08 Å². The van der Waals surface area contributed by atoms with E-state index in [1.165, 1.54) is 20.5 Å². The van der Waals surface area contributed by atoms with Crippen molar-refractivity contribution >= 4 is 29.4 Å². The van der Waals surface area contributed by atoms with Gasteiger partial charge in [0.2, 0.25) is 17.6 Å². The number of hydrogen-bond donors (Lipinski definition) is 0. The van der Waals surface area contributed by atoms with Crippen LogP contribution in [-0.4, -0.2) is 42.8 Å². The molecule has 3 aliphatic heterocycles. The highest BCUT2D eigenvalue weighted by atomic mass is 16.5. The number of furan rings is 1. The van der Waals surface area contributed by atoms with Crippen molar-refractivity contribution in [3.05, 3.63) is 83.9 Å². The van der Waals surface area contributed by atoms with E-state index in [2.05, 4.69) is 0 Å². The number of nitrogens with zero attached hydrogens (tertiary/aromatic N) is 2. The van der Waals surface area contributed by atoms with Gasteiger partial charge in [-0.05, 0) is 41.5 Å². The number of carbonyl (C=O) groups excluding carboxylic acids is 3. The van der Waals surface area contributed by atoms with Crippen LogP contribution in [-0.2, 0) is 9.59 Å². The van der Waals surface area contributed by atoms with Gasteiger partial charge in [0.05, 0.1) is 44.0 Å². The lowest BCUT2D eigenvalue weighted by Crippen LogP contribution is -2.44. The molecule has 1 aromatic heterocycles. The first kappa shape index (κ1) is 21.2. The summed E-state index contributed by atoms with van der Waals surface area (Å²) in [5.74, 6) is -1.73. The van der Waals surface area contributed by atoms with E-state index in [9.17, 15) is 14.4 Å². The number of ether oxygens (including phenoxy) is 2. The van der Waals surface area contributed by atoms with Crippen LogP contribution in [0.5, 0.6) is 11.5 Å². The van der Waals surface area contributed by atoms with E-state index < -0.39 is 29.8 Å². The standard InChI is InChI=1S/C27H22N2O6/c1-33-16-9-10-18(20(14-16)34-2)29-26(31)21-22(27(29)32)24(25(30)19-8-5-13-35-19)28-12-11-15-6-3-4-7-17(15)23(21)28/h3-14,21-24H,1-2H3/t21-,22+,23+,24+/m0/s1. The molecule has 3 aromatic rings. The number of methoxy groups -OCH3 is 2. The topological polar surface area (TPSA) is 89.3 Å². The minimum absolute atomic E-state index is 0.155. The van der Waals surface area contributed by atoms with Crippen molar-refractivity contribution in [2.75, 3.05) is 19.1 Å². The van der Waals surface area contributed by atoms with Gasteiger partial charge < -0.3 is 18.8 Å². The van der Waals surface area contributed by atoms with E-state index in [1.54, 1.807) is 30.3 Å². The fraction of sp³-hybridized carbons (Fsp3) is 0.222. The predicted octanol–water partition coefficient (Wildman–Crippen LogP) is 3.70. The zero-order valence-corrected chi connectivity index (χ0v) is 19.1. The summed E-state index contributed by atoms with van der Waals surface area (Å²) in [6, 6.07) is 14.5. The first-order valence-electron chi connectivity index (χ1n) is 11.3. The Balaban J connectivity index is 1.50. The summed E-state index contributed by atoms with van der Waals surface area (Å²) in [7, 11) is 3.00. The highest BCUT2D eigenvalue weighted by Gasteiger charge is 2.65. The lowest BCUT2D eigenvalue weighted by Gasteiger charge is -2.35. The van der Waals surface area contributed by atoms with Gasteiger partial charge in [-0.1, -0.05) is 24.3 Å². The summed E-state index contributed by atoms with van der Waals surface area (Å²) < 4.78 is 16.1. The Morgan fingerprint density at radius 3 is 2.49 bits per heavy atom. The molecule has 35 heavy (non-hydrogen) atoms. The highest BCUT2D eigenvalue weighted by Crippen LogP contribution is 2.54. The molecular weight excluding hydrogens is 448 g/mol. The average Bonchev–Trinajstić information content (AvgIpc) is 3.60. The molecule has 4 heterocycles. The summed E-state index contributed by atoms with van der Waals surface area (Å²) >= 11 is 0. The number of rotatable bonds is 5. The van der Waals surface area contributed by atoms with Crippen molar-refractivity contribution in [3.63, 3.8) is 0 Å². The number of imide groups is 1. The number of Topliss-reactive ketones (excluding diaryl/α,β-unsaturated/α-hetero) is 1. The minimum Gasteiger partial charge on any atom is -0.497 e. The Kier molecular flexibility index (Phi) is 4.77. The van der Waals surface area contributed by atoms with Gasteiger partial charge in [0.15, 0.2) is 5.76 Å². The zero-order chi connectivity index (χ0) is 24.3. The third-order valence-electron chi connectivity index (χ3n) is 7.12. The fourth-order valence-electron chi connectivity index (χ4n) is 5.63. The van der Waals surface area contributed by atoms with Gasteiger partial charge in [-0.3, -0.25) is 14.4 Å². The molecule has 4 atom stereocenters. The van der Waals surface area contributed by atoms with E-state index in [0.717, 1.165) is 16.0 Å². The van der Waals surface area contributed by atoms with Crippen LogP contribution in [0.15, 0.2) is 71.5 Å². The van der Waals surface area contributed by atoms with E-state index in [4.69, 9.17) is 13.9 Å². The molecule has 2 aromatic carbocycles. The van der Waals surface area contributed by atoms with E-state index in [1.807, 2.05) is 41.4 Å². The van der Waals surface area contributed by atoms with Crippen LogP contribution >= 0.6 is 0 Å². The Morgan fingerprint density at radius 1 is 0.943 bits per heavy atom. The van der Waals surface area contributed by atoms with Crippen molar-refractivity contribution in [1.29, 1.82) is 0 Å². The third-order valence-corrected chi connectivity index (χ3v) is 7.12. The number of carbonyl (C=O) groups is 3. The van der Waals surface area contributed by atoms with Crippen LogP contribution in [0.3, 0.4) is 0 Å². The lowest BCUT2D eigenvalue weighted by atomic mass is 9.84. The molecule has 0 spiro atoms. The molecule has 6 rings (SSSR count). The molecule has 8 heteroatoms. The second kappa shape index (κ2) is 7.87. The smallest absolute Gasteiger partial charge is 0.240 e. The molecule has 0 bridgehead atoms. The molecule has 3 aliphatic rings. The van der Waals surface area contributed by atoms with Crippen LogP contribution in [0.2, 0.25) is 0 Å². The maximum absolute atomic E-state index is 14.0. The van der Waals surface area contributed by atoms with Crippen LogP contribution < -0.4 is 14.4 Å². The number of ketones is 1. The predicted molar refractivity (Wildman–Crippen MR) is 126 cm³/mol. The number of hydrogen-bond acceptors (Lipinski definition) is 7. The van der Waals surface area contributed by atoms with Gasteiger partial charge in [0.1, 0.15) is 17.5 Å². The summed E-state index contributed by atoms with van der Waals surface area (Å²) in [6.45, 7) is 0. The third kappa shape index (κ3) is 2.96. The normalized spacial score (nSPS) is 24.3. The first-order chi connectivity index (χ1) is 17.0. The summed E-state index contributed by atoms with van der Waals surface area (Å²) in [5, 5.41) is 0. The lowest BCUT2D eigenvalue weighted by molar-refractivity contribution is -0.123. The molecular formula is C27H22N2O6. The largest absolute Gasteiger partial charge is 0.497 e. The molecule has 176 valence electrons. The Bertz CT molecular complexity index is 1380. The molecule has 2 amide bonds. The first-order valence-corrected chi connectivity index (χ1v) is 11.3. The summed E-state index contributed by atoms with van der Waals surface area (Å²) in [5.41, 5.74) is 2.19. The van der Waals surface area contributed by atoms with Gasteiger partial charge >= 0.3 is 0 Å². The highest BCUT2D eigenvalue weighted by molar-refractivity contribution is 6.25. The van der Waals surface area contributed by atoms with E-state index in [0.29, 0.717) is 17.2 Å². The van der Waals surface area contributed by atoms with E-state index in [-0.39, 0.29) is 17.5 Å². The van der Waals surface area contributed by atoms with Gasteiger partial charge in [0.25, 0.3) is 0 Å². The number of anilines is 1. The van der Waals surface area contributed by atoms with Crippen molar-refractivity contribution < 1.29 is 28.3 Å². The summed E-state index contributed by atoms with van der Waals surface area (Å²) in [4.78, 5) is 44.6. The van der Waals surface area contributed by atoms with Gasteiger partial charge in [-0.2, -0.15) is 0 Å². The Labute approximate surface area is 201 Å². The van der Waals surface area contributed by atoms with Gasteiger partial charge in [-0.25, -0.2) is 4.90 Å². The van der Waals surface area contributed by atoms with Gasteiger partial charge in [-0.15, -0.1) is 0 Å². The number of fused-ring (bicyclic) bond motifs is 5. The SMILES string of the molecule is COc1ccc(N2C(=O)[C@@H]3[C@H](C2=O)[C@H]2c4ccccc4C=CN2[C@H]3C(=O)c2ccco2)c(OC)c1. The Hall–Kier alpha value is -4.33. The van der Waals surface area contributed by atoms with Gasteiger partial charge in [0, 0.05) is 12.3 Å². The van der Waals surface area contributed by atoms with Crippen molar-refractivity contribution in [3.8, 4) is 11.5 Å². The molecule has 0 saturated carbocycles. The maximum Gasteiger partial charge on any atom is 0.240 e. The quantitative estimate of drug-likeness (QED) is 0.415. The monoisotopic (exact) mass is 470 g/mol. The molecule has 8 nitrogen and oxygen atoms in total. The fourth-order valence-corrected chi connectivity index (χ4v) is 5.63. The molecule has 0 aliphatic carbocycles. The van der Waals surface area contributed by atoms with Crippen LogP contribution in [0.1, 0.15) is 27.7 Å². The molecule has 2 saturated heterocycles. The zero-order valence-electron chi connectivity index (χ0n) is 19.1. The van der Waals surface area contributed by atoms with Crippen LogP contribution in [0, 0.1) is 11.8 Å². The second-order valence-corrected chi connectivity index (χ2v) is 8.72. The van der Waals surface area contributed by atoms with Crippen molar-refractivity contribution in [2.45, 2.75) is 12.1 Å². The number of amides is 2. The summed E-state index contributed by atoms with van der Waals surface area (Å²) in [6.07, 6.45) is 5.15. The van der Waals surface area contributed by atoms with Crippen molar-refractivity contribution in [2.24, 2.45) is 11.8 Å². The van der Waals surface area contributed by atoms with Crippen LogP contribution in [0.4, 0.5) is 5.69 Å². The van der Waals surface area contributed by atoms with E-state index >= 15 is 0 Å². The number of benzene rings is 2. The molecule has 2 fully saturated rings.